The Kier molecular flexibility index (Phi) is 5.77. The Hall–Kier alpha value is -1.65. The van der Waals surface area contributed by atoms with Gasteiger partial charge in [-0.05, 0) is 23.4 Å². The second-order valence-electron chi connectivity index (χ2n) is 4.60. The normalized spacial score (nSPS) is 10.4. The summed E-state index contributed by atoms with van der Waals surface area (Å²) >= 11 is 1.67. The molecule has 1 aromatic heterocycles. The van der Waals surface area contributed by atoms with E-state index in [1.165, 1.54) is 4.88 Å². The lowest BCUT2D eigenvalue weighted by atomic mass is 10.2. The first kappa shape index (κ1) is 14.8. The fraction of sp³-hybridized carbons (Fsp3) is 0.312. The minimum absolute atomic E-state index is 0.00241. The van der Waals surface area contributed by atoms with Gasteiger partial charge in [0, 0.05) is 24.4 Å². The van der Waals surface area contributed by atoms with Crippen LogP contribution in [0, 0.1) is 0 Å². The lowest BCUT2D eigenvalue weighted by Gasteiger charge is -2.21. The summed E-state index contributed by atoms with van der Waals surface area (Å²) in [6, 6.07) is 13.9. The van der Waals surface area contributed by atoms with Gasteiger partial charge in [-0.25, -0.2) is 0 Å². The number of carbonyl (C=O) groups excluding carboxylic acids is 1. The second-order valence-corrected chi connectivity index (χ2v) is 5.64. The van der Waals surface area contributed by atoms with E-state index in [1.807, 2.05) is 47.8 Å². The maximum atomic E-state index is 12.3. The van der Waals surface area contributed by atoms with Crippen molar-refractivity contribution in [1.29, 1.82) is 0 Å². The molecule has 0 spiro atoms. The number of nitrogens with zero attached hydrogens (tertiary/aromatic N) is 1. The molecule has 106 valence electrons. The van der Waals surface area contributed by atoms with E-state index in [2.05, 4.69) is 0 Å². The fourth-order valence-electron chi connectivity index (χ4n) is 2.06. The fourth-order valence-corrected chi connectivity index (χ4v) is 2.77. The van der Waals surface area contributed by atoms with Crippen LogP contribution in [0.15, 0.2) is 47.8 Å². The minimum atomic E-state index is -0.00241. The lowest BCUT2D eigenvalue weighted by Crippen LogP contribution is -2.33. The average molecular weight is 289 g/mol. The molecule has 4 heteroatoms. The summed E-state index contributed by atoms with van der Waals surface area (Å²) in [6.07, 6.45) is 1.26. The predicted molar refractivity (Wildman–Crippen MR) is 81.6 cm³/mol. The highest BCUT2D eigenvalue weighted by molar-refractivity contribution is 7.09. The third-order valence-corrected chi connectivity index (χ3v) is 4.04. The summed E-state index contributed by atoms with van der Waals surface area (Å²) in [5, 5.41) is 11.1. The molecule has 1 aromatic carbocycles. The highest BCUT2D eigenvalue weighted by atomic mass is 32.1. The first-order valence-electron chi connectivity index (χ1n) is 6.74. The van der Waals surface area contributed by atoms with Crippen molar-refractivity contribution in [1.82, 2.24) is 4.90 Å². The van der Waals surface area contributed by atoms with Crippen LogP contribution in [0.5, 0.6) is 0 Å². The molecule has 0 saturated heterocycles. The van der Waals surface area contributed by atoms with Crippen molar-refractivity contribution in [2.45, 2.75) is 19.4 Å². The monoisotopic (exact) mass is 289 g/mol. The molecule has 1 amide bonds. The largest absolute Gasteiger partial charge is 0.395 e. The summed E-state index contributed by atoms with van der Waals surface area (Å²) in [6.45, 7) is 0.945. The Morgan fingerprint density at radius 3 is 2.60 bits per heavy atom. The highest BCUT2D eigenvalue weighted by Gasteiger charge is 2.13. The van der Waals surface area contributed by atoms with Crippen LogP contribution in [0.4, 0.5) is 0 Å². The molecule has 1 heterocycles. The smallest absolute Gasteiger partial charge is 0.223 e. The van der Waals surface area contributed by atoms with Gasteiger partial charge in [-0.1, -0.05) is 36.4 Å². The summed E-state index contributed by atoms with van der Waals surface area (Å²) in [5.74, 6) is 0.0938. The molecule has 3 nitrogen and oxygen atoms in total. The van der Waals surface area contributed by atoms with Gasteiger partial charge < -0.3 is 10.0 Å². The predicted octanol–water partition coefficient (Wildman–Crippen LogP) is 2.70. The van der Waals surface area contributed by atoms with E-state index in [0.717, 1.165) is 12.0 Å². The molecular weight excluding hydrogens is 270 g/mol. The van der Waals surface area contributed by atoms with Gasteiger partial charge in [0.05, 0.1) is 6.61 Å². The number of hydrogen-bond donors (Lipinski definition) is 1. The second kappa shape index (κ2) is 7.82. The summed E-state index contributed by atoms with van der Waals surface area (Å²) < 4.78 is 0. The Balaban J connectivity index is 1.91. The third-order valence-electron chi connectivity index (χ3n) is 3.10. The summed E-state index contributed by atoms with van der Waals surface area (Å²) in [7, 11) is 0. The Labute approximate surface area is 123 Å². The lowest BCUT2D eigenvalue weighted by molar-refractivity contribution is -0.132. The number of amides is 1. The first-order chi connectivity index (χ1) is 9.79. The zero-order chi connectivity index (χ0) is 14.2. The molecule has 0 radical (unpaired) electrons. The average Bonchev–Trinajstić information content (AvgIpc) is 2.99. The van der Waals surface area contributed by atoms with Gasteiger partial charge in [-0.15, -0.1) is 11.3 Å². The summed E-state index contributed by atoms with van der Waals surface area (Å²) in [4.78, 5) is 15.2. The van der Waals surface area contributed by atoms with E-state index in [0.29, 0.717) is 19.5 Å². The number of thiophene rings is 1. The van der Waals surface area contributed by atoms with Gasteiger partial charge >= 0.3 is 0 Å². The van der Waals surface area contributed by atoms with Crippen LogP contribution in [0.3, 0.4) is 0 Å². The van der Waals surface area contributed by atoms with Crippen molar-refractivity contribution in [2.24, 2.45) is 0 Å². The highest BCUT2D eigenvalue weighted by Crippen LogP contribution is 2.13. The van der Waals surface area contributed by atoms with Crippen molar-refractivity contribution < 1.29 is 9.90 Å². The molecule has 0 aliphatic heterocycles. The molecule has 0 aliphatic rings. The van der Waals surface area contributed by atoms with E-state index in [4.69, 9.17) is 5.11 Å². The van der Waals surface area contributed by atoms with E-state index in [9.17, 15) is 4.79 Å². The molecule has 0 atom stereocenters. The van der Waals surface area contributed by atoms with Gasteiger partial charge in [-0.2, -0.15) is 0 Å². The molecule has 0 aliphatic carbocycles. The van der Waals surface area contributed by atoms with Crippen molar-refractivity contribution in [3.63, 3.8) is 0 Å². The van der Waals surface area contributed by atoms with Gasteiger partial charge in [0.1, 0.15) is 0 Å². The van der Waals surface area contributed by atoms with Crippen LogP contribution >= 0.6 is 11.3 Å². The Bertz CT molecular complexity index is 511. The van der Waals surface area contributed by atoms with Crippen LogP contribution in [0.2, 0.25) is 0 Å². The van der Waals surface area contributed by atoms with Gasteiger partial charge in [0.15, 0.2) is 0 Å². The number of benzene rings is 1. The SMILES string of the molecule is O=C(CCc1cccs1)N(CCO)Cc1ccccc1. The number of aliphatic hydroxyl groups excluding tert-OH is 1. The molecule has 0 bridgehead atoms. The van der Waals surface area contributed by atoms with Crippen LogP contribution in [0.1, 0.15) is 16.9 Å². The zero-order valence-corrected chi connectivity index (χ0v) is 12.2. The molecule has 20 heavy (non-hydrogen) atoms. The molecule has 0 saturated carbocycles. The van der Waals surface area contributed by atoms with Crippen LogP contribution in [-0.4, -0.2) is 29.1 Å². The topological polar surface area (TPSA) is 40.5 Å². The minimum Gasteiger partial charge on any atom is -0.395 e. The number of carbonyl (C=O) groups is 1. The van der Waals surface area contributed by atoms with Crippen LogP contribution < -0.4 is 0 Å². The van der Waals surface area contributed by atoms with E-state index in [-0.39, 0.29) is 12.5 Å². The molecular formula is C16H19NO2S. The number of hydrogen-bond acceptors (Lipinski definition) is 3. The molecule has 2 aromatic rings. The molecule has 2 rings (SSSR count). The van der Waals surface area contributed by atoms with Gasteiger partial charge in [0.2, 0.25) is 5.91 Å². The quantitative estimate of drug-likeness (QED) is 0.851. The number of aryl methyl sites for hydroxylation is 1. The van der Waals surface area contributed by atoms with Crippen LogP contribution in [-0.2, 0) is 17.8 Å². The Morgan fingerprint density at radius 1 is 1.15 bits per heavy atom. The maximum absolute atomic E-state index is 12.3. The summed E-state index contributed by atoms with van der Waals surface area (Å²) in [5.41, 5.74) is 1.09. The van der Waals surface area contributed by atoms with E-state index < -0.39 is 0 Å². The number of rotatable bonds is 7. The van der Waals surface area contributed by atoms with E-state index >= 15 is 0 Å². The van der Waals surface area contributed by atoms with E-state index in [1.54, 1.807) is 16.2 Å². The first-order valence-corrected chi connectivity index (χ1v) is 7.62. The van der Waals surface area contributed by atoms with Crippen LogP contribution in [0.25, 0.3) is 0 Å². The standard InChI is InChI=1S/C16H19NO2S/c18-11-10-17(13-14-5-2-1-3-6-14)16(19)9-8-15-7-4-12-20-15/h1-7,12,18H,8-11,13H2. The molecule has 0 unspecified atom stereocenters. The molecule has 0 fully saturated rings. The third kappa shape index (κ3) is 4.47. The van der Waals surface area contributed by atoms with Gasteiger partial charge in [-0.3, -0.25) is 4.79 Å². The van der Waals surface area contributed by atoms with Crippen molar-refractivity contribution in [2.75, 3.05) is 13.2 Å². The Morgan fingerprint density at radius 2 is 1.95 bits per heavy atom. The molecule has 1 N–H and O–H groups in total. The maximum Gasteiger partial charge on any atom is 0.223 e. The van der Waals surface area contributed by atoms with Crippen molar-refractivity contribution in [3.8, 4) is 0 Å². The zero-order valence-electron chi connectivity index (χ0n) is 11.4. The van der Waals surface area contributed by atoms with Crippen molar-refractivity contribution >= 4 is 17.2 Å². The number of aliphatic hydroxyl groups is 1. The van der Waals surface area contributed by atoms with Crippen molar-refractivity contribution in [3.05, 3.63) is 58.3 Å². The van der Waals surface area contributed by atoms with Gasteiger partial charge in [0.25, 0.3) is 0 Å².